The highest BCUT2D eigenvalue weighted by Gasteiger charge is 2.15. The monoisotopic (exact) mass is 269 g/mol. The smallest absolute Gasteiger partial charge is 0.364 e. The van der Waals surface area contributed by atoms with Crippen molar-refractivity contribution in [2.45, 2.75) is 18.2 Å². The summed E-state index contributed by atoms with van der Waals surface area (Å²) in [4.78, 5) is 11.4. The number of hydrogen-bond donors (Lipinski definition) is 3. The lowest BCUT2D eigenvalue weighted by Gasteiger charge is -2.21. The third-order valence-electron chi connectivity index (χ3n) is 2.69. The molecule has 98 valence electrons. The largest absolute Gasteiger partial charge is 0.395 e. The SMILES string of the molecule is CSC(CO)C(C)Nc1ccc2n[nH]c(=O)n2n1. The molecule has 0 aliphatic heterocycles. The number of nitrogens with one attached hydrogen (secondary N) is 2. The Balaban J connectivity index is 2.21. The molecule has 0 saturated carbocycles. The molecule has 2 atom stereocenters. The highest BCUT2D eigenvalue weighted by molar-refractivity contribution is 7.99. The van der Waals surface area contributed by atoms with Crippen molar-refractivity contribution < 1.29 is 5.11 Å². The maximum Gasteiger partial charge on any atom is 0.364 e. The van der Waals surface area contributed by atoms with E-state index in [1.165, 1.54) is 4.52 Å². The number of fused-ring (bicyclic) bond motifs is 1. The summed E-state index contributed by atoms with van der Waals surface area (Å²) in [5, 5.41) is 22.7. The number of aliphatic hydroxyl groups is 1. The van der Waals surface area contributed by atoms with Gasteiger partial charge in [-0.15, -0.1) is 5.10 Å². The van der Waals surface area contributed by atoms with Gasteiger partial charge in [0.2, 0.25) is 0 Å². The van der Waals surface area contributed by atoms with Crippen molar-refractivity contribution in [3.63, 3.8) is 0 Å². The minimum absolute atomic E-state index is 0.0394. The number of rotatable bonds is 5. The van der Waals surface area contributed by atoms with Crippen molar-refractivity contribution >= 4 is 23.2 Å². The molecule has 2 heterocycles. The predicted octanol–water partition coefficient (Wildman–Crippen LogP) is -0.0581. The Morgan fingerprint density at radius 2 is 2.39 bits per heavy atom. The zero-order chi connectivity index (χ0) is 13.1. The van der Waals surface area contributed by atoms with E-state index in [0.717, 1.165) is 0 Å². The molecule has 0 aromatic carbocycles. The zero-order valence-electron chi connectivity index (χ0n) is 10.1. The Bertz CT molecular complexity index is 577. The molecule has 3 N–H and O–H groups in total. The number of hydrogen-bond acceptors (Lipinski definition) is 6. The lowest BCUT2D eigenvalue weighted by molar-refractivity contribution is 0.288. The molecule has 8 heteroatoms. The molecule has 0 aliphatic carbocycles. The highest BCUT2D eigenvalue weighted by atomic mass is 32.2. The summed E-state index contributed by atoms with van der Waals surface area (Å²) >= 11 is 1.58. The van der Waals surface area contributed by atoms with Gasteiger partial charge in [0.1, 0.15) is 5.82 Å². The lowest BCUT2D eigenvalue weighted by Crippen LogP contribution is -2.31. The summed E-state index contributed by atoms with van der Waals surface area (Å²) in [5.74, 6) is 0.575. The number of H-pyrrole nitrogens is 1. The Hall–Kier alpha value is -1.54. The molecule has 0 saturated heterocycles. The molecule has 2 rings (SSSR count). The van der Waals surface area contributed by atoms with E-state index in [9.17, 15) is 9.90 Å². The Morgan fingerprint density at radius 1 is 1.61 bits per heavy atom. The van der Waals surface area contributed by atoms with Gasteiger partial charge < -0.3 is 10.4 Å². The molecule has 18 heavy (non-hydrogen) atoms. The second-order valence-corrected chi connectivity index (χ2v) is 4.98. The summed E-state index contributed by atoms with van der Waals surface area (Å²) in [5.41, 5.74) is 0.103. The topological polar surface area (TPSA) is 95.3 Å². The summed E-state index contributed by atoms with van der Waals surface area (Å²) < 4.78 is 1.20. The van der Waals surface area contributed by atoms with Crippen molar-refractivity contribution in [3.05, 3.63) is 22.6 Å². The minimum Gasteiger partial charge on any atom is -0.395 e. The number of aromatic amines is 1. The van der Waals surface area contributed by atoms with E-state index in [1.54, 1.807) is 23.9 Å². The van der Waals surface area contributed by atoms with Crippen molar-refractivity contribution in [1.29, 1.82) is 0 Å². The van der Waals surface area contributed by atoms with Crippen molar-refractivity contribution in [2.75, 3.05) is 18.2 Å². The number of aliphatic hydroxyl groups excluding tert-OH is 1. The van der Waals surface area contributed by atoms with Crippen LogP contribution in [0.1, 0.15) is 6.92 Å². The van der Waals surface area contributed by atoms with Gasteiger partial charge in [-0.2, -0.15) is 21.4 Å². The zero-order valence-corrected chi connectivity index (χ0v) is 10.9. The molecular weight excluding hydrogens is 254 g/mol. The van der Waals surface area contributed by atoms with E-state index in [-0.39, 0.29) is 23.6 Å². The van der Waals surface area contributed by atoms with Gasteiger partial charge in [0.15, 0.2) is 5.65 Å². The molecule has 0 spiro atoms. The molecule has 0 aliphatic rings. The molecule has 0 fully saturated rings. The summed E-state index contributed by atoms with van der Waals surface area (Å²) in [7, 11) is 0. The normalized spacial score (nSPS) is 14.6. The van der Waals surface area contributed by atoms with Crippen molar-refractivity contribution in [1.82, 2.24) is 19.8 Å². The van der Waals surface area contributed by atoms with E-state index < -0.39 is 0 Å². The molecule has 0 bridgehead atoms. The van der Waals surface area contributed by atoms with Crippen LogP contribution in [0.25, 0.3) is 5.65 Å². The van der Waals surface area contributed by atoms with Crippen LogP contribution >= 0.6 is 11.8 Å². The van der Waals surface area contributed by atoms with Crippen LogP contribution in [-0.2, 0) is 0 Å². The van der Waals surface area contributed by atoms with E-state index in [4.69, 9.17) is 0 Å². The first kappa shape index (κ1) is 12.9. The second-order valence-electron chi connectivity index (χ2n) is 3.91. The Labute approximate surface area is 108 Å². The first-order valence-electron chi connectivity index (χ1n) is 5.50. The van der Waals surface area contributed by atoms with Gasteiger partial charge in [0.05, 0.1) is 6.61 Å². The minimum atomic E-state index is -0.370. The Morgan fingerprint density at radius 3 is 3.06 bits per heavy atom. The van der Waals surface area contributed by atoms with Gasteiger partial charge in [-0.25, -0.2) is 9.89 Å². The molecule has 7 nitrogen and oxygen atoms in total. The number of anilines is 1. The lowest BCUT2D eigenvalue weighted by atomic mass is 10.2. The van der Waals surface area contributed by atoms with Crippen LogP contribution in [0.15, 0.2) is 16.9 Å². The van der Waals surface area contributed by atoms with Crippen LogP contribution in [0.2, 0.25) is 0 Å². The van der Waals surface area contributed by atoms with E-state index in [0.29, 0.717) is 11.5 Å². The maximum atomic E-state index is 11.4. The number of nitrogens with zero attached hydrogens (tertiary/aromatic N) is 3. The quantitative estimate of drug-likeness (QED) is 0.704. The third kappa shape index (κ3) is 2.49. The van der Waals surface area contributed by atoms with E-state index >= 15 is 0 Å². The number of aromatic nitrogens is 4. The maximum absolute atomic E-state index is 11.4. The fraction of sp³-hybridized carbons (Fsp3) is 0.500. The van der Waals surface area contributed by atoms with E-state index in [2.05, 4.69) is 20.6 Å². The summed E-state index contributed by atoms with van der Waals surface area (Å²) in [6.45, 7) is 2.05. The fourth-order valence-electron chi connectivity index (χ4n) is 1.64. The van der Waals surface area contributed by atoms with Gasteiger partial charge in [-0.1, -0.05) is 0 Å². The second kappa shape index (κ2) is 5.40. The van der Waals surface area contributed by atoms with Gasteiger partial charge in [0.25, 0.3) is 0 Å². The molecule has 2 aromatic rings. The molecule has 0 radical (unpaired) electrons. The van der Waals surface area contributed by atoms with E-state index in [1.807, 2.05) is 13.2 Å². The first-order chi connectivity index (χ1) is 8.65. The highest BCUT2D eigenvalue weighted by Crippen LogP contribution is 2.14. The van der Waals surface area contributed by atoms with Gasteiger partial charge in [-0.05, 0) is 25.3 Å². The molecule has 0 amide bonds. The van der Waals surface area contributed by atoms with Crippen LogP contribution in [0.3, 0.4) is 0 Å². The average Bonchev–Trinajstić information content (AvgIpc) is 2.73. The fourth-order valence-corrected chi connectivity index (χ4v) is 2.27. The van der Waals surface area contributed by atoms with Crippen LogP contribution in [0, 0.1) is 0 Å². The van der Waals surface area contributed by atoms with Crippen molar-refractivity contribution in [3.8, 4) is 0 Å². The third-order valence-corrected chi connectivity index (χ3v) is 3.85. The molecule has 2 unspecified atom stereocenters. The van der Waals surface area contributed by atoms with Crippen LogP contribution in [0.5, 0.6) is 0 Å². The summed E-state index contributed by atoms with van der Waals surface area (Å²) in [6, 6.07) is 3.49. The standard InChI is InChI=1S/C10H15N5O2S/c1-6(7(5-16)18-2)11-8-3-4-9-12-13-10(17)15(9)14-8/h3-4,6-7,16H,5H2,1-2H3,(H,11,14)(H,13,17). The summed E-state index contributed by atoms with van der Waals surface area (Å²) in [6.07, 6.45) is 1.94. The van der Waals surface area contributed by atoms with Crippen molar-refractivity contribution in [2.24, 2.45) is 0 Å². The average molecular weight is 269 g/mol. The van der Waals surface area contributed by atoms with Crippen LogP contribution in [0.4, 0.5) is 5.82 Å². The molecular formula is C10H15N5O2S. The van der Waals surface area contributed by atoms with Crippen LogP contribution in [-0.4, -0.2) is 49.1 Å². The van der Waals surface area contributed by atoms with Gasteiger partial charge >= 0.3 is 5.69 Å². The predicted molar refractivity (Wildman–Crippen MR) is 71.1 cm³/mol. The van der Waals surface area contributed by atoms with Gasteiger partial charge in [-0.3, -0.25) is 0 Å². The number of thioether (sulfide) groups is 1. The van der Waals surface area contributed by atoms with Gasteiger partial charge in [0, 0.05) is 11.3 Å². The first-order valence-corrected chi connectivity index (χ1v) is 6.79. The molecule has 2 aromatic heterocycles. The Kier molecular flexibility index (Phi) is 3.87. The van der Waals surface area contributed by atoms with Crippen LogP contribution < -0.4 is 11.0 Å².